The number of fused-ring (bicyclic) bond motifs is 1. The van der Waals surface area contributed by atoms with Gasteiger partial charge in [-0.05, 0) is 42.0 Å². The monoisotopic (exact) mass is 391 g/mol. The van der Waals surface area contributed by atoms with Gasteiger partial charge in [0.05, 0.1) is 17.8 Å². The van der Waals surface area contributed by atoms with Gasteiger partial charge in [-0.15, -0.1) is 0 Å². The summed E-state index contributed by atoms with van der Waals surface area (Å²) in [6.07, 6.45) is 1.63. The molecule has 6 heteroatoms. The van der Waals surface area contributed by atoms with Gasteiger partial charge in [0.2, 0.25) is 5.91 Å². The number of aryl methyl sites for hydroxylation is 1. The van der Waals surface area contributed by atoms with Crippen molar-refractivity contribution in [2.75, 3.05) is 6.54 Å². The van der Waals surface area contributed by atoms with Gasteiger partial charge in [-0.25, -0.2) is 14.4 Å². The molecule has 1 aliphatic rings. The van der Waals surface area contributed by atoms with E-state index in [1.165, 1.54) is 12.1 Å². The van der Waals surface area contributed by atoms with Crippen molar-refractivity contribution in [3.8, 4) is 17.0 Å². The predicted octanol–water partition coefficient (Wildman–Crippen LogP) is 3.68. The molecule has 29 heavy (non-hydrogen) atoms. The van der Waals surface area contributed by atoms with Crippen LogP contribution < -0.4 is 0 Å². The third-order valence-electron chi connectivity index (χ3n) is 5.18. The third-order valence-corrected chi connectivity index (χ3v) is 5.18. The molecule has 4 rings (SSSR count). The third kappa shape index (κ3) is 4.11. The highest BCUT2D eigenvalue weighted by Crippen LogP contribution is 2.29. The number of phenols is 1. The van der Waals surface area contributed by atoms with E-state index in [-0.39, 0.29) is 23.9 Å². The minimum Gasteiger partial charge on any atom is -0.508 e. The largest absolute Gasteiger partial charge is 0.508 e. The summed E-state index contributed by atoms with van der Waals surface area (Å²) in [7, 11) is 0. The second-order valence-electron chi connectivity index (χ2n) is 7.18. The van der Waals surface area contributed by atoms with Crippen molar-refractivity contribution in [3.63, 3.8) is 0 Å². The minimum absolute atomic E-state index is 0.00141. The highest BCUT2D eigenvalue weighted by molar-refractivity contribution is 5.79. The first-order valence-electron chi connectivity index (χ1n) is 9.73. The summed E-state index contributed by atoms with van der Waals surface area (Å²) in [5.41, 5.74) is 4.42. The summed E-state index contributed by atoms with van der Waals surface area (Å²) in [5, 5.41) is 9.61. The Balaban J connectivity index is 1.63. The van der Waals surface area contributed by atoms with E-state index < -0.39 is 0 Å². The first-order chi connectivity index (χ1) is 14.0. The van der Waals surface area contributed by atoms with E-state index in [4.69, 9.17) is 4.98 Å². The molecule has 1 aromatic heterocycles. The molecule has 0 radical (unpaired) electrons. The van der Waals surface area contributed by atoms with Crippen molar-refractivity contribution in [2.45, 2.75) is 32.7 Å². The van der Waals surface area contributed by atoms with Crippen LogP contribution in [0.3, 0.4) is 0 Å². The van der Waals surface area contributed by atoms with E-state index in [9.17, 15) is 14.3 Å². The number of phenolic OH excluding ortho intramolecular Hbond substituents is 1. The number of carbonyl (C=O) groups is 1. The molecule has 0 saturated carbocycles. The summed E-state index contributed by atoms with van der Waals surface area (Å²) < 4.78 is 13.1. The molecular weight excluding hydrogens is 369 g/mol. The van der Waals surface area contributed by atoms with E-state index in [0.29, 0.717) is 19.5 Å². The lowest BCUT2D eigenvalue weighted by Crippen LogP contribution is -2.38. The second kappa shape index (κ2) is 7.99. The lowest BCUT2D eigenvalue weighted by atomic mass is 9.98. The number of nitrogens with zero attached hydrogens (tertiary/aromatic N) is 3. The molecule has 148 valence electrons. The van der Waals surface area contributed by atoms with Gasteiger partial charge in [-0.3, -0.25) is 4.79 Å². The maximum atomic E-state index is 13.1. The van der Waals surface area contributed by atoms with Crippen molar-refractivity contribution >= 4 is 5.91 Å². The molecule has 0 spiro atoms. The molecule has 1 N–H and O–H groups in total. The maximum absolute atomic E-state index is 13.1. The van der Waals surface area contributed by atoms with Crippen LogP contribution in [0.4, 0.5) is 4.39 Å². The van der Waals surface area contributed by atoms with Crippen LogP contribution in [0.15, 0.2) is 48.5 Å². The quantitative estimate of drug-likeness (QED) is 0.737. The summed E-state index contributed by atoms with van der Waals surface area (Å²) in [4.78, 5) is 24.0. The molecular formula is C23H22FN3O2. The van der Waals surface area contributed by atoms with Gasteiger partial charge in [0.25, 0.3) is 0 Å². The summed E-state index contributed by atoms with van der Waals surface area (Å²) in [6.45, 7) is 3.06. The standard InChI is InChI=1S/C23H22FN3O2/c1-2-21-25-20-11-12-27(22(29)13-15-3-7-17(24)8-4-15)14-19(20)23(26-21)16-5-9-18(28)10-6-16/h3-10,28H,2,11-14H2,1H3. The minimum atomic E-state index is -0.310. The Bertz CT molecular complexity index is 1030. The zero-order valence-electron chi connectivity index (χ0n) is 16.2. The molecule has 0 bridgehead atoms. The maximum Gasteiger partial charge on any atom is 0.227 e. The number of amides is 1. The van der Waals surface area contributed by atoms with Crippen LogP contribution in [0.25, 0.3) is 11.3 Å². The Labute approximate surface area is 168 Å². The van der Waals surface area contributed by atoms with Crippen molar-refractivity contribution < 1.29 is 14.3 Å². The van der Waals surface area contributed by atoms with E-state index in [1.54, 1.807) is 24.3 Å². The number of aromatic hydroxyl groups is 1. The number of rotatable bonds is 4. The molecule has 1 amide bonds. The van der Waals surface area contributed by atoms with Crippen LogP contribution in [0.5, 0.6) is 5.75 Å². The zero-order chi connectivity index (χ0) is 20.4. The van der Waals surface area contributed by atoms with Crippen molar-refractivity contribution in [1.82, 2.24) is 14.9 Å². The first kappa shape index (κ1) is 19.1. The molecule has 5 nitrogen and oxygen atoms in total. The highest BCUT2D eigenvalue weighted by atomic mass is 19.1. The van der Waals surface area contributed by atoms with Gasteiger partial charge >= 0.3 is 0 Å². The van der Waals surface area contributed by atoms with Crippen LogP contribution in [-0.4, -0.2) is 32.4 Å². The number of halogens is 1. The lowest BCUT2D eigenvalue weighted by Gasteiger charge is -2.30. The number of benzene rings is 2. The average Bonchev–Trinajstić information content (AvgIpc) is 2.74. The molecule has 0 saturated heterocycles. The average molecular weight is 391 g/mol. The van der Waals surface area contributed by atoms with E-state index in [0.717, 1.165) is 40.3 Å². The van der Waals surface area contributed by atoms with Gasteiger partial charge < -0.3 is 10.0 Å². The fraction of sp³-hybridized carbons (Fsp3) is 0.261. The van der Waals surface area contributed by atoms with Crippen LogP contribution in [0, 0.1) is 5.82 Å². The SMILES string of the molecule is CCc1nc2c(c(-c3ccc(O)cc3)n1)CN(C(=O)Cc1ccc(F)cc1)CC2. The molecule has 0 aliphatic carbocycles. The van der Waals surface area contributed by atoms with Gasteiger partial charge in [0.15, 0.2) is 0 Å². The molecule has 2 aromatic carbocycles. The first-order valence-corrected chi connectivity index (χ1v) is 9.73. The molecule has 0 fully saturated rings. The Hall–Kier alpha value is -3.28. The van der Waals surface area contributed by atoms with Crippen molar-refractivity contribution in [3.05, 3.63) is 77.0 Å². The summed E-state index contributed by atoms with van der Waals surface area (Å²) in [6, 6.07) is 13.0. The summed E-state index contributed by atoms with van der Waals surface area (Å²) in [5.74, 6) is 0.662. The molecule has 3 aromatic rings. The fourth-order valence-corrected chi connectivity index (χ4v) is 3.58. The van der Waals surface area contributed by atoms with Gasteiger partial charge in [-0.1, -0.05) is 19.1 Å². The zero-order valence-corrected chi connectivity index (χ0v) is 16.2. The van der Waals surface area contributed by atoms with Crippen LogP contribution in [0.1, 0.15) is 29.6 Å². The Morgan fingerprint density at radius 3 is 2.52 bits per heavy atom. The topological polar surface area (TPSA) is 66.3 Å². The lowest BCUT2D eigenvalue weighted by molar-refractivity contribution is -0.131. The highest BCUT2D eigenvalue weighted by Gasteiger charge is 2.26. The van der Waals surface area contributed by atoms with Gasteiger partial charge in [0.1, 0.15) is 17.4 Å². The Kier molecular flexibility index (Phi) is 5.25. The van der Waals surface area contributed by atoms with Crippen LogP contribution in [-0.2, 0) is 30.6 Å². The molecule has 2 heterocycles. The van der Waals surface area contributed by atoms with E-state index in [1.807, 2.05) is 24.0 Å². The fourth-order valence-electron chi connectivity index (χ4n) is 3.58. The van der Waals surface area contributed by atoms with Crippen LogP contribution in [0.2, 0.25) is 0 Å². The molecule has 0 atom stereocenters. The van der Waals surface area contributed by atoms with Crippen molar-refractivity contribution in [1.29, 1.82) is 0 Å². The number of carbonyl (C=O) groups excluding carboxylic acids is 1. The Morgan fingerprint density at radius 1 is 1.10 bits per heavy atom. The predicted molar refractivity (Wildman–Crippen MR) is 108 cm³/mol. The van der Waals surface area contributed by atoms with Gasteiger partial charge in [0, 0.05) is 37.1 Å². The number of hydrogen-bond acceptors (Lipinski definition) is 4. The Morgan fingerprint density at radius 2 is 1.83 bits per heavy atom. The smallest absolute Gasteiger partial charge is 0.227 e. The van der Waals surface area contributed by atoms with Gasteiger partial charge in [-0.2, -0.15) is 0 Å². The molecule has 0 unspecified atom stereocenters. The normalized spacial score (nSPS) is 13.2. The number of aromatic nitrogens is 2. The molecule has 1 aliphatic heterocycles. The summed E-state index contributed by atoms with van der Waals surface area (Å²) >= 11 is 0. The number of hydrogen-bond donors (Lipinski definition) is 1. The van der Waals surface area contributed by atoms with Crippen molar-refractivity contribution in [2.24, 2.45) is 0 Å². The van der Waals surface area contributed by atoms with E-state index >= 15 is 0 Å². The van der Waals surface area contributed by atoms with E-state index in [2.05, 4.69) is 4.98 Å². The van der Waals surface area contributed by atoms with Crippen LogP contribution >= 0.6 is 0 Å². The second-order valence-corrected chi connectivity index (χ2v) is 7.18.